The van der Waals surface area contributed by atoms with Crippen LogP contribution in [0.2, 0.25) is 0 Å². The third-order valence-electron chi connectivity index (χ3n) is 3.13. The van der Waals surface area contributed by atoms with Crippen LogP contribution in [0.25, 0.3) is 0 Å². The van der Waals surface area contributed by atoms with Crippen molar-refractivity contribution in [2.75, 3.05) is 12.4 Å². The summed E-state index contributed by atoms with van der Waals surface area (Å²) < 4.78 is 10.3. The number of esters is 1. The molecule has 6 nitrogen and oxygen atoms in total. The Morgan fingerprint density at radius 1 is 1.16 bits per heavy atom. The lowest BCUT2D eigenvalue weighted by atomic mass is 10.2. The molecular formula is C18H19N3O3S. The number of methoxy groups -OCH3 is 1. The predicted molar refractivity (Wildman–Crippen MR) is 102 cm³/mol. The van der Waals surface area contributed by atoms with Gasteiger partial charge in [0.2, 0.25) is 0 Å². The van der Waals surface area contributed by atoms with Gasteiger partial charge in [0, 0.05) is 12.6 Å². The molecule has 0 atom stereocenters. The normalized spacial score (nSPS) is 10.4. The predicted octanol–water partition coefficient (Wildman–Crippen LogP) is 3.25. The van der Waals surface area contributed by atoms with Crippen LogP contribution in [0.4, 0.5) is 5.69 Å². The minimum atomic E-state index is -0.408. The molecule has 0 aliphatic rings. The number of ether oxygens (including phenoxy) is 2. The molecule has 0 amide bonds. The lowest BCUT2D eigenvalue weighted by Gasteiger charge is -2.09. The number of anilines is 1. The highest BCUT2D eigenvalue weighted by Crippen LogP contribution is 2.27. The van der Waals surface area contributed by atoms with E-state index >= 15 is 0 Å². The van der Waals surface area contributed by atoms with Crippen molar-refractivity contribution in [2.45, 2.75) is 13.8 Å². The fraction of sp³-hybridized carbons (Fsp3) is 0.167. The molecule has 0 saturated carbocycles. The van der Waals surface area contributed by atoms with Gasteiger partial charge in [-0.3, -0.25) is 10.2 Å². The van der Waals surface area contributed by atoms with Crippen LogP contribution in [0.5, 0.6) is 11.5 Å². The Balaban J connectivity index is 1.95. The quantitative estimate of drug-likeness (QED) is 0.281. The molecule has 0 aliphatic carbocycles. The van der Waals surface area contributed by atoms with E-state index in [2.05, 4.69) is 15.8 Å². The molecule has 2 aromatic rings. The van der Waals surface area contributed by atoms with Crippen LogP contribution in [-0.2, 0) is 4.79 Å². The van der Waals surface area contributed by atoms with Crippen LogP contribution in [-0.4, -0.2) is 24.4 Å². The third kappa shape index (κ3) is 5.89. The molecule has 0 heterocycles. The van der Waals surface area contributed by atoms with Crippen molar-refractivity contribution in [2.24, 2.45) is 5.10 Å². The molecule has 0 fully saturated rings. The van der Waals surface area contributed by atoms with Crippen molar-refractivity contribution < 1.29 is 14.3 Å². The number of hydrazone groups is 1. The van der Waals surface area contributed by atoms with Gasteiger partial charge >= 0.3 is 5.97 Å². The SMILES string of the molecule is COc1cc(/C=N/NC(=S)Nc2ccc(C)cc2)ccc1OC(C)=O. The Morgan fingerprint density at radius 2 is 1.88 bits per heavy atom. The monoisotopic (exact) mass is 357 g/mol. The summed E-state index contributed by atoms with van der Waals surface area (Å²) in [5.74, 6) is 0.394. The van der Waals surface area contributed by atoms with Crippen LogP contribution in [0.1, 0.15) is 18.1 Å². The van der Waals surface area contributed by atoms with E-state index in [0.29, 0.717) is 16.6 Å². The van der Waals surface area contributed by atoms with Gasteiger partial charge in [-0.25, -0.2) is 0 Å². The van der Waals surface area contributed by atoms with E-state index in [1.54, 1.807) is 24.4 Å². The maximum Gasteiger partial charge on any atom is 0.308 e. The zero-order valence-corrected chi connectivity index (χ0v) is 15.0. The summed E-state index contributed by atoms with van der Waals surface area (Å²) in [6.45, 7) is 3.35. The molecule has 0 unspecified atom stereocenters. The second-order valence-electron chi connectivity index (χ2n) is 5.19. The first kappa shape index (κ1) is 18.4. The first-order valence-electron chi connectivity index (χ1n) is 7.51. The molecule has 0 radical (unpaired) electrons. The first-order chi connectivity index (χ1) is 12.0. The van der Waals surface area contributed by atoms with E-state index in [1.165, 1.54) is 19.6 Å². The van der Waals surface area contributed by atoms with Gasteiger partial charge in [0.05, 0.1) is 13.3 Å². The smallest absolute Gasteiger partial charge is 0.308 e. The molecule has 2 aromatic carbocycles. The molecular weight excluding hydrogens is 338 g/mol. The van der Waals surface area contributed by atoms with Crippen LogP contribution in [0, 0.1) is 6.92 Å². The van der Waals surface area contributed by atoms with Gasteiger partial charge < -0.3 is 14.8 Å². The average Bonchev–Trinajstić information content (AvgIpc) is 2.57. The molecule has 2 N–H and O–H groups in total. The van der Waals surface area contributed by atoms with Crippen molar-refractivity contribution in [3.8, 4) is 11.5 Å². The highest BCUT2D eigenvalue weighted by atomic mass is 32.1. The number of hydrogen-bond acceptors (Lipinski definition) is 5. The summed E-state index contributed by atoms with van der Waals surface area (Å²) in [6, 6.07) is 13.0. The van der Waals surface area contributed by atoms with Crippen LogP contribution in [0.15, 0.2) is 47.6 Å². The minimum Gasteiger partial charge on any atom is -0.493 e. The van der Waals surface area contributed by atoms with Gasteiger partial charge in [0.25, 0.3) is 0 Å². The summed E-state index contributed by atoms with van der Waals surface area (Å²) in [6.07, 6.45) is 1.59. The fourth-order valence-electron chi connectivity index (χ4n) is 1.97. The maximum absolute atomic E-state index is 11.0. The van der Waals surface area contributed by atoms with E-state index in [0.717, 1.165) is 11.3 Å². The number of thiocarbonyl (C=S) groups is 1. The van der Waals surface area contributed by atoms with Gasteiger partial charge in [-0.1, -0.05) is 17.7 Å². The molecule has 0 saturated heterocycles. The lowest BCUT2D eigenvalue weighted by molar-refractivity contribution is -0.132. The van der Waals surface area contributed by atoms with Crippen molar-refractivity contribution in [3.05, 3.63) is 53.6 Å². The summed E-state index contributed by atoms with van der Waals surface area (Å²) in [7, 11) is 1.50. The maximum atomic E-state index is 11.0. The van der Waals surface area contributed by atoms with E-state index in [-0.39, 0.29) is 0 Å². The molecule has 2 rings (SSSR count). The summed E-state index contributed by atoms with van der Waals surface area (Å²) in [4.78, 5) is 11.0. The number of hydrogen-bond donors (Lipinski definition) is 2. The Kier molecular flexibility index (Phi) is 6.47. The molecule has 7 heteroatoms. The summed E-state index contributed by atoms with van der Waals surface area (Å²) in [5.41, 5.74) is 5.56. The Morgan fingerprint density at radius 3 is 2.52 bits per heavy atom. The highest BCUT2D eigenvalue weighted by Gasteiger charge is 2.07. The number of carbonyl (C=O) groups excluding carboxylic acids is 1. The summed E-state index contributed by atoms with van der Waals surface area (Å²) in [5, 5.41) is 7.49. The fourth-order valence-corrected chi connectivity index (χ4v) is 2.14. The standard InChI is InChI=1S/C18H19N3O3S/c1-12-4-7-15(8-5-12)20-18(25)21-19-11-14-6-9-16(24-13(2)22)17(10-14)23-3/h4-11H,1-3H3,(H2,20,21,25)/b19-11+. The third-order valence-corrected chi connectivity index (χ3v) is 3.32. The first-order valence-corrected chi connectivity index (χ1v) is 7.92. The zero-order chi connectivity index (χ0) is 18.2. The Labute approximate surface area is 151 Å². The number of nitrogens with one attached hydrogen (secondary N) is 2. The largest absolute Gasteiger partial charge is 0.493 e. The van der Waals surface area contributed by atoms with E-state index in [9.17, 15) is 4.79 Å². The van der Waals surface area contributed by atoms with Crippen molar-refractivity contribution in [1.82, 2.24) is 5.43 Å². The van der Waals surface area contributed by atoms with Crippen molar-refractivity contribution in [1.29, 1.82) is 0 Å². The summed E-state index contributed by atoms with van der Waals surface area (Å²) >= 11 is 5.18. The van der Waals surface area contributed by atoms with Gasteiger partial charge in [-0.15, -0.1) is 0 Å². The zero-order valence-electron chi connectivity index (χ0n) is 14.2. The van der Waals surface area contributed by atoms with E-state index in [4.69, 9.17) is 21.7 Å². The molecule has 25 heavy (non-hydrogen) atoms. The Hall–Kier alpha value is -2.93. The molecule has 130 valence electrons. The molecule has 0 aliphatic heterocycles. The highest BCUT2D eigenvalue weighted by molar-refractivity contribution is 7.80. The second kappa shape index (κ2) is 8.79. The molecule has 0 bridgehead atoms. The number of nitrogens with zero attached hydrogens (tertiary/aromatic N) is 1. The van der Waals surface area contributed by atoms with Gasteiger partial charge in [0.1, 0.15) is 0 Å². The van der Waals surface area contributed by atoms with Crippen LogP contribution in [0.3, 0.4) is 0 Å². The minimum absolute atomic E-state index is 0.358. The molecule has 0 spiro atoms. The van der Waals surface area contributed by atoms with E-state index < -0.39 is 5.97 Å². The number of carbonyl (C=O) groups is 1. The van der Waals surface area contributed by atoms with Gasteiger partial charge in [0.15, 0.2) is 16.6 Å². The van der Waals surface area contributed by atoms with Crippen LogP contribution >= 0.6 is 12.2 Å². The molecule has 0 aromatic heterocycles. The average molecular weight is 357 g/mol. The van der Waals surface area contributed by atoms with E-state index in [1.807, 2.05) is 31.2 Å². The second-order valence-corrected chi connectivity index (χ2v) is 5.60. The Bertz CT molecular complexity index is 789. The van der Waals surface area contributed by atoms with Crippen molar-refractivity contribution >= 4 is 35.2 Å². The number of rotatable bonds is 5. The lowest BCUT2D eigenvalue weighted by Crippen LogP contribution is -2.23. The van der Waals surface area contributed by atoms with Crippen LogP contribution < -0.4 is 20.2 Å². The van der Waals surface area contributed by atoms with Gasteiger partial charge in [-0.2, -0.15) is 5.10 Å². The van der Waals surface area contributed by atoms with Gasteiger partial charge in [-0.05, 0) is 55.0 Å². The van der Waals surface area contributed by atoms with Crippen molar-refractivity contribution in [3.63, 3.8) is 0 Å². The number of benzene rings is 2. The topological polar surface area (TPSA) is 71.9 Å². The number of aryl methyl sites for hydroxylation is 1.